The third-order valence-corrected chi connectivity index (χ3v) is 4.26. The van der Waals surface area contributed by atoms with E-state index in [0.717, 1.165) is 4.90 Å². The van der Waals surface area contributed by atoms with Gasteiger partial charge in [0.05, 0.1) is 10.7 Å². The molecule has 24 heavy (non-hydrogen) atoms. The number of carbonyl (C=O) groups is 1. The molecule has 1 N–H and O–H groups in total. The topological polar surface area (TPSA) is 90.7 Å². The molecule has 0 bridgehead atoms. The van der Waals surface area contributed by atoms with E-state index in [0.29, 0.717) is 30.4 Å². The van der Waals surface area contributed by atoms with Crippen LogP contribution >= 0.6 is 11.8 Å². The molecule has 1 heterocycles. The number of anilines is 1. The number of hydrogen-bond acceptors (Lipinski definition) is 6. The molecule has 1 aliphatic rings. The van der Waals surface area contributed by atoms with Crippen molar-refractivity contribution in [3.05, 3.63) is 52.6 Å². The average molecular weight is 346 g/mol. The lowest BCUT2D eigenvalue weighted by molar-refractivity contribution is -0.384. The van der Waals surface area contributed by atoms with Gasteiger partial charge in [-0.3, -0.25) is 14.9 Å². The molecule has 0 saturated carbocycles. The van der Waals surface area contributed by atoms with Crippen LogP contribution < -0.4 is 14.8 Å². The number of hydrogen-bond donors (Lipinski definition) is 1. The first-order chi connectivity index (χ1) is 11.6. The molecule has 0 atom stereocenters. The highest BCUT2D eigenvalue weighted by molar-refractivity contribution is 8.00. The van der Waals surface area contributed by atoms with Crippen LogP contribution in [0.5, 0.6) is 11.5 Å². The zero-order chi connectivity index (χ0) is 16.9. The van der Waals surface area contributed by atoms with Crippen LogP contribution in [0.1, 0.15) is 0 Å². The van der Waals surface area contributed by atoms with Gasteiger partial charge in [-0.1, -0.05) is 0 Å². The highest BCUT2D eigenvalue weighted by Crippen LogP contribution is 2.32. The molecule has 0 aromatic heterocycles. The Morgan fingerprint density at radius 2 is 1.83 bits per heavy atom. The Bertz CT molecular complexity index is 764. The number of rotatable bonds is 5. The Labute approximate surface area is 142 Å². The first-order valence-electron chi connectivity index (χ1n) is 7.18. The fourth-order valence-corrected chi connectivity index (χ4v) is 2.83. The van der Waals surface area contributed by atoms with Crippen LogP contribution in [0.3, 0.4) is 0 Å². The van der Waals surface area contributed by atoms with Crippen LogP contribution in [0.15, 0.2) is 47.4 Å². The van der Waals surface area contributed by atoms with E-state index >= 15 is 0 Å². The number of nitro groups is 1. The van der Waals surface area contributed by atoms with Crippen LogP contribution in [0, 0.1) is 10.1 Å². The number of thioether (sulfide) groups is 1. The van der Waals surface area contributed by atoms with Crippen molar-refractivity contribution in [3.8, 4) is 11.5 Å². The summed E-state index contributed by atoms with van der Waals surface area (Å²) < 4.78 is 10.9. The van der Waals surface area contributed by atoms with Crippen LogP contribution in [-0.2, 0) is 4.79 Å². The zero-order valence-corrected chi connectivity index (χ0v) is 13.4. The number of amides is 1. The molecule has 7 nitrogen and oxygen atoms in total. The number of non-ortho nitro benzene ring substituents is 1. The zero-order valence-electron chi connectivity index (χ0n) is 12.6. The molecule has 0 fully saturated rings. The minimum absolute atomic E-state index is 0.0279. The quantitative estimate of drug-likeness (QED) is 0.508. The van der Waals surface area contributed by atoms with E-state index in [1.165, 1.54) is 23.9 Å². The highest BCUT2D eigenvalue weighted by Gasteiger charge is 2.13. The smallest absolute Gasteiger partial charge is 0.269 e. The molecule has 0 spiro atoms. The Kier molecular flexibility index (Phi) is 4.85. The Morgan fingerprint density at radius 3 is 2.54 bits per heavy atom. The summed E-state index contributed by atoms with van der Waals surface area (Å²) in [6, 6.07) is 11.3. The number of ether oxygens (including phenoxy) is 2. The van der Waals surface area contributed by atoms with Gasteiger partial charge in [0.25, 0.3) is 5.69 Å². The normalized spacial score (nSPS) is 12.5. The van der Waals surface area contributed by atoms with Gasteiger partial charge in [0.2, 0.25) is 5.91 Å². The van der Waals surface area contributed by atoms with Gasteiger partial charge in [0.15, 0.2) is 11.5 Å². The predicted molar refractivity (Wildman–Crippen MR) is 89.9 cm³/mol. The summed E-state index contributed by atoms with van der Waals surface area (Å²) in [7, 11) is 0. The first kappa shape index (κ1) is 16.1. The molecule has 0 radical (unpaired) electrons. The van der Waals surface area contributed by atoms with E-state index in [1.54, 1.807) is 30.3 Å². The van der Waals surface area contributed by atoms with Crippen LogP contribution in [0.4, 0.5) is 11.4 Å². The van der Waals surface area contributed by atoms with Crippen LogP contribution in [0.2, 0.25) is 0 Å². The van der Waals surface area contributed by atoms with Crippen LogP contribution in [0.25, 0.3) is 0 Å². The van der Waals surface area contributed by atoms with Gasteiger partial charge in [0, 0.05) is 28.8 Å². The van der Waals surface area contributed by atoms with E-state index < -0.39 is 4.92 Å². The van der Waals surface area contributed by atoms with Gasteiger partial charge in [-0.05, 0) is 24.3 Å². The first-order valence-corrected chi connectivity index (χ1v) is 8.17. The Balaban J connectivity index is 1.55. The number of benzene rings is 2. The molecule has 3 rings (SSSR count). The summed E-state index contributed by atoms with van der Waals surface area (Å²) in [4.78, 5) is 23.0. The molecule has 0 aliphatic carbocycles. The van der Waals surface area contributed by atoms with Crippen LogP contribution in [-0.4, -0.2) is 29.8 Å². The van der Waals surface area contributed by atoms with E-state index in [1.807, 2.05) is 0 Å². The molecule has 1 aliphatic heterocycles. The summed E-state index contributed by atoms with van der Waals surface area (Å²) in [5.41, 5.74) is 0.661. The maximum Gasteiger partial charge on any atom is 0.269 e. The number of nitrogens with zero attached hydrogens (tertiary/aromatic N) is 1. The molecular weight excluding hydrogens is 332 g/mol. The maximum absolute atomic E-state index is 12.0. The van der Waals surface area contributed by atoms with E-state index in [2.05, 4.69) is 5.32 Å². The molecule has 124 valence electrons. The van der Waals surface area contributed by atoms with Crippen molar-refractivity contribution in [2.75, 3.05) is 24.3 Å². The van der Waals surface area contributed by atoms with Gasteiger partial charge in [-0.15, -0.1) is 11.8 Å². The molecule has 2 aromatic rings. The minimum Gasteiger partial charge on any atom is -0.486 e. The van der Waals surface area contributed by atoms with Crippen molar-refractivity contribution in [1.29, 1.82) is 0 Å². The lowest BCUT2D eigenvalue weighted by Gasteiger charge is -2.19. The number of nitrogens with one attached hydrogen (secondary N) is 1. The largest absolute Gasteiger partial charge is 0.486 e. The summed E-state index contributed by atoms with van der Waals surface area (Å²) in [6.45, 7) is 1.00. The predicted octanol–water partition coefficient (Wildman–Crippen LogP) is 3.10. The molecular formula is C16H14N2O5S. The molecule has 1 amide bonds. The van der Waals surface area contributed by atoms with E-state index in [-0.39, 0.29) is 17.3 Å². The summed E-state index contributed by atoms with van der Waals surface area (Å²) >= 11 is 1.31. The Morgan fingerprint density at radius 1 is 1.12 bits per heavy atom. The summed E-state index contributed by atoms with van der Waals surface area (Å²) in [5.74, 6) is 1.31. The number of carbonyl (C=O) groups excluding carboxylic acids is 1. The van der Waals surface area contributed by atoms with Crippen molar-refractivity contribution in [1.82, 2.24) is 0 Å². The summed E-state index contributed by atoms with van der Waals surface area (Å²) in [5, 5.41) is 13.4. The Hall–Kier alpha value is -2.74. The van der Waals surface area contributed by atoms with Crippen molar-refractivity contribution in [2.45, 2.75) is 4.90 Å². The third kappa shape index (κ3) is 3.96. The SMILES string of the molecule is O=C(CSc1ccc([N+](=O)[O-])cc1)Nc1ccc2c(c1)OCCO2. The van der Waals surface area contributed by atoms with Crippen molar-refractivity contribution < 1.29 is 19.2 Å². The molecule has 0 saturated heterocycles. The number of nitro benzene ring substituents is 1. The minimum atomic E-state index is -0.455. The maximum atomic E-state index is 12.0. The second kappa shape index (κ2) is 7.22. The lowest BCUT2D eigenvalue weighted by atomic mass is 10.2. The second-order valence-electron chi connectivity index (χ2n) is 4.95. The number of fused-ring (bicyclic) bond motifs is 1. The van der Waals surface area contributed by atoms with Crippen molar-refractivity contribution in [2.24, 2.45) is 0 Å². The van der Waals surface area contributed by atoms with Crippen molar-refractivity contribution in [3.63, 3.8) is 0 Å². The monoisotopic (exact) mass is 346 g/mol. The molecule has 2 aromatic carbocycles. The van der Waals surface area contributed by atoms with E-state index in [4.69, 9.17) is 9.47 Å². The lowest BCUT2D eigenvalue weighted by Crippen LogP contribution is -2.17. The van der Waals surface area contributed by atoms with Gasteiger partial charge >= 0.3 is 0 Å². The summed E-state index contributed by atoms with van der Waals surface area (Å²) in [6.07, 6.45) is 0. The van der Waals surface area contributed by atoms with Gasteiger partial charge < -0.3 is 14.8 Å². The fourth-order valence-electron chi connectivity index (χ4n) is 2.13. The fraction of sp³-hybridized carbons (Fsp3) is 0.188. The average Bonchev–Trinajstić information content (AvgIpc) is 2.60. The second-order valence-corrected chi connectivity index (χ2v) is 6.00. The van der Waals surface area contributed by atoms with Gasteiger partial charge in [-0.25, -0.2) is 0 Å². The van der Waals surface area contributed by atoms with Gasteiger partial charge in [-0.2, -0.15) is 0 Å². The van der Waals surface area contributed by atoms with Gasteiger partial charge in [0.1, 0.15) is 13.2 Å². The molecule has 0 unspecified atom stereocenters. The highest BCUT2D eigenvalue weighted by atomic mass is 32.2. The standard InChI is InChI=1S/C16H14N2O5S/c19-16(10-24-13-4-2-12(3-5-13)18(20)21)17-11-1-6-14-15(9-11)23-8-7-22-14/h1-6,9H,7-8,10H2,(H,17,19). The third-order valence-electron chi connectivity index (χ3n) is 3.24. The molecule has 8 heteroatoms. The van der Waals surface area contributed by atoms with E-state index in [9.17, 15) is 14.9 Å². The van der Waals surface area contributed by atoms with Crippen molar-refractivity contribution >= 4 is 29.0 Å².